The molecule has 0 saturated carbocycles. The summed E-state index contributed by atoms with van der Waals surface area (Å²) in [6.07, 6.45) is 0. The van der Waals surface area contributed by atoms with Crippen molar-refractivity contribution in [2.24, 2.45) is 0 Å². The van der Waals surface area contributed by atoms with Gasteiger partial charge in [-0.1, -0.05) is 23.7 Å². The number of hydrogen-bond donors (Lipinski definition) is 2. The highest BCUT2D eigenvalue weighted by atomic mass is 35.5. The number of nitrogens with one attached hydrogen (secondary N) is 1. The van der Waals surface area contributed by atoms with Crippen LogP contribution in [0, 0.1) is 0 Å². The van der Waals surface area contributed by atoms with Crippen LogP contribution >= 0.6 is 11.6 Å². The molecule has 6 heteroatoms. The molecule has 0 spiro atoms. The number of benzene rings is 2. The number of aromatic nitrogens is 2. The highest BCUT2D eigenvalue weighted by molar-refractivity contribution is 6.31. The van der Waals surface area contributed by atoms with Gasteiger partial charge in [0.2, 0.25) is 0 Å². The summed E-state index contributed by atoms with van der Waals surface area (Å²) in [6, 6.07) is 13.2. The zero-order chi connectivity index (χ0) is 18.0. The van der Waals surface area contributed by atoms with Crippen molar-refractivity contribution in [2.45, 2.75) is 33.5 Å². The molecule has 130 valence electrons. The third kappa shape index (κ3) is 3.20. The first-order valence-electron chi connectivity index (χ1n) is 8.40. The molecular formula is C19H22ClN4O+. The largest absolute Gasteiger partial charge is 0.398 e. The highest BCUT2D eigenvalue weighted by Crippen LogP contribution is 2.18. The summed E-state index contributed by atoms with van der Waals surface area (Å²) >= 11 is 5.98. The molecule has 25 heavy (non-hydrogen) atoms. The van der Waals surface area contributed by atoms with Crippen molar-refractivity contribution < 1.29 is 9.36 Å². The fourth-order valence-corrected chi connectivity index (χ4v) is 3.39. The van der Waals surface area contributed by atoms with Crippen LogP contribution in [0.5, 0.6) is 0 Å². The van der Waals surface area contributed by atoms with Crippen LogP contribution in [0.15, 0.2) is 42.5 Å². The number of aryl methyl sites for hydroxylation is 2. The molecule has 1 heterocycles. The van der Waals surface area contributed by atoms with Crippen molar-refractivity contribution in [3.63, 3.8) is 0 Å². The van der Waals surface area contributed by atoms with Crippen molar-refractivity contribution in [3.05, 3.63) is 58.9 Å². The van der Waals surface area contributed by atoms with Gasteiger partial charge in [-0.15, -0.1) is 0 Å². The van der Waals surface area contributed by atoms with E-state index in [0.29, 0.717) is 22.8 Å². The summed E-state index contributed by atoms with van der Waals surface area (Å²) in [5.41, 5.74) is 9.05. The standard InChI is InChI=1S/C19H21ClN4O/c1-3-23-16-7-5-6-8-17(16)24(4-2)18(23)12-22-19(25)14-11-13(20)9-10-15(14)21/h5-11H,3-4,12H2,1-2H3,(H2-,21,22,25)/p+1. The van der Waals surface area contributed by atoms with Crippen molar-refractivity contribution in [1.29, 1.82) is 0 Å². The minimum Gasteiger partial charge on any atom is -0.398 e. The lowest BCUT2D eigenvalue weighted by molar-refractivity contribution is -0.676. The van der Waals surface area contributed by atoms with E-state index >= 15 is 0 Å². The lowest BCUT2D eigenvalue weighted by Gasteiger charge is -2.08. The smallest absolute Gasteiger partial charge is 0.277 e. The number of imidazole rings is 1. The summed E-state index contributed by atoms with van der Waals surface area (Å²) < 4.78 is 4.45. The van der Waals surface area contributed by atoms with Gasteiger partial charge in [0.05, 0.1) is 18.7 Å². The number of carbonyl (C=O) groups is 1. The number of rotatable bonds is 5. The van der Waals surface area contributed by atoms with Crippen molar-refractivity contribution in [1.82, 2.24) is 9.88 Å². The Morgan fingerprint density at radius 1 is 1.24 bits per heavy atom. The third-order valence-corrected chi connectivity index (χ3v) is 4.62. The number of carbonyl (C=O) groups excluding carboxylic acids is 1. The predicted molar refractivity (Wildman–Crippen MR) is 101 cm³/mol. The number of nitrogen functional groups attached to an aromatic ring is 1. The Morgan fingerprint density at radius 3 is 2.72 bits per heavy atom. The van der Waals surface area contributed by atoms with E-state index in [4.69, 9.17) is 17.3 Å². The molecular weight excluding hydrogens is 336 g/mol. The minimum atomic E-state index is -0.226. The Hall–Kier alpha value is -2.53. The maximum atomic E-state index is 12.5. The summed E-state index contributed by atoms with van der Waals surface area (Å²) in [5.74, 6) is 0.829. The molecule has 0 aliphatic carbocycles. The molecule has 0 atom stereocenters. The maximum Gasteiger partial charge on any atom is 0.277 e. The van der Waals surface area contributed by atoms with Crippen LogP contribution in [-0.4, -0.2) is 10.5 Å². The average molecular weight is 358 g/mol. The molecule has 2 aromatic carbocycles. The summed E-state index contributed by atoms with van der Waals surface area (Å²) in [7, 11) is 0. The van der Waals surface area contributed by atoms with E-state index in [9.17, 15) is 4.79 Å². The minimum absolute atomic E-state index is 0.226. The molecule has 1 aromatic heterocycles. The molecule has 0 radical (unpaired) electrons. The zero-order valence-corrected chi connectivity index (χ0v) is 15.2. The van der Waals surface area contributed by atoms with Crippen LogP contribution in [-0.2, 0) is 19.6 Å². The Bertz CT molecular complexity index is 892. The number of amides is 1. The van der Waals surface area contributed by atoms with E-state index in [0.717, 1.165) is 18.9 Å². The molecule has 3 rings (SSSR count). The van der Waals surface area contributed by atoms with E-state index in [1.807, 2.05) is 12.1 Å². The second kappa shape index (κ2) is 7.15. The predicted octanol–water partition coefficient (Wildman–Crippen LogP) is 3.13. The van der Waals surface area contributed by atoms with Gasteiger partial charge < -0.3 is 11.1 Å². The van der Waals surface area contributed by atoms with E-state index in [1.165, 1.54) is 11.0 Å². The first kappa shape index (κ1) is 17.3. The van der Waals surface area contributed by atoms with Crippen LogP contribution in [0.4, 0.5) is 5.69 Å². The van der Waals surface area contributed by atoms with Gasteiger partial charge in [-0.3, -0.25) is 4.79 Å². The Balaban J connectivity index is 1.93. The molecule has 3 N–H and O–H groups in total. The van der Waals surface area contributed by atoms with Gasteiger partial charge >= 0.3 is 0 Å². The number of para-hydroxylation sites is 2. The first-order chi connectivity index (χ1) is 12.1. The van der Waals surface area contributed by atoms with Crippen LogP contribution in [0.1, 0.15) is 30.0 Å². The van der Waals surface area contributed by atoms with Gasteiger partial charge in [-0.2, -0.15) is 0 Å². The topological polar surface area (TPSA) is 63.9 Å². The second-order valence-electron chi connectivity index (χ2n) is 5.81. The fraction of sp³-hybridized carbons (Fsp3) is 0.263. The SMILES string of the molecule is CCn1c(CNC(=O)c2cc(Cl)ccc2N)[n+](CC)c2ccccc21. The lowest BCUT2D eigenvalue weighted by Crippen LogP contribution is -2.40. The molecule has 0 unspecified atom stereocenters. The molecule has 0 fully saturated rings. The van der Waals surface area contributed by atoms with Gasteiger partial charge in [0.25, 0.3) is 11.7 Å². The van der Waals surface area contributed by atoms with Crippen molar-refractivity contribution in [2.75, 3.05) is 5.73 Å². The second-order valence-corrected chi connectivity index (χ2v) is 6.24. The van der Waals surface area contributed by atoms with Gasteiger partial charge in [0.15, 0.2) is 11.0 Å². The number of hydrogen-bond acceptors (Lipinski definition) is 2. The van der Waals surface area contributed by atoms with Crippen LogP contribution in [0.2, 0.25) is 5.02 Å². The quantitative estimate of drug-likeness (QED) is 0.544. The number of anilines is 1. The average Bonchev–Trinajstić information content (AvgIpc) is 2.94. The number of nitrogens with zero attached hydrogens (tertiary/aromatic N) is 2. The fourth-order valence-electron chi connectivity index (χ4n) is 3.22. The molecule has 1 amide bonds. The summed E-state index contributed by atoms with van der Waals surface area (Å²) in [6.45, 7) is 6.29. The van der Waals surface area contributed by atoms with E-state index in [2.05, 4.69) is 40.4 Å². The molecule has 5 nitrogen and oxygen atoms in total. The van der Waals surface area contributed by atoms with Gasteiger partial charge in [0, 0.05) is 10.7 Å². The zero-order valence-electron chi connectivity index (χ0n) is 14.4. The van der Waals surface area contributed by atoms with Gasteiger partial charge in [-0.05, 0) is 44.2 Å². The monoisotopic (exact) mass is 357 g/mol. The Labute approximate surface area is 152 Å². The van der Waals surface area contributed by atoms with Crippen molar-refractivity contribution in [3.8, 4) is 0 Å². The van der Waals surface area contributed by atoms with Crippen molar-refractivity contribution >= 4 is 34.2 Å². The molecule has 0 aliphatic rings. The van der Waals surface area contributed by atoms with E-state index in [1.54, 1.807) is 18.2 Å². The van der Waals surface area contributed by atoms with E-state index in [-0.39, 0.29) is 5.91 Å². The lowest BCUT2D eigenvalue weighted by atomic mass is 10.1. The van der Waals surface area contributed by atoms with E-state index < -0.39 is 0 Å². The molecule has 0 saturated heterocycles. The molecule has 3 aromatic rings. The molecule has 0 bridgehead atoms. The van der Waals surface area contributed by atoms with Crippen LogP contribution in [0.3, 0.4) is 0 Å². The number of nitrogens with two attached hydrogens (primary N) is 1. The maximum absolute atomic E-state index is 12.5. The number of halogens is 1. The normalized spacial score (nSPS) is 11.0. The summed E-state index contributed by atoms with van der Waals surface area (Å²) in [4.78, 5) is 12.5. The van der Waals surface area contributed by atoms with Crippen LogP contribution < -0.4 is 15.6 Å². The molecule has 0 aliphatic heterocycles. The Morgan fingerprint density at radius 2 is 2.00 bits per heavy atom. The first-order valence-corrected chi connectivity index (χ1v) is 8.77. The van der Waals surface area contributed by atoms with Crippen LogP contribution in [0.25, 0.3) is 11.0 Å². The van der Waals surface area contributed by atoms with Gasteiger partial charge in [0.1, 0.15) is 6.54 Å². The highest BCUT2D eigenvalue weighted by Gasteiger charge is 2.23. The third-order valence-electron chi connectivity index (χ3n) is 4.39. The number of fused-ring (bicyclic) bond motifs is 1. The summed E-state index contributed by atoms with van der Waals surface area (Å²) in [5, 5.41) is 3.47. The van der Waals surface area contributed by atoms with Gasteiger partial charge in [-0.25, -0.2) is 9.13 Å². The Kier molecular flexibility index (Phi) is 4.95.